The van der Waals surface area contributed by atoms with E-state index in [1.165, 1.54) is 11.3 Å². The molecule has 2 aromatic rings. The molecule has 0 bridgehead atoms. The van der Waals surface area contributed by atoms with Crippen molar-refractivity contribution in [3.63, 3.8) is 0 Å². The first-order chi connectivity index (χ1) is 7.72. The summed E-state index contributed by atoms with van der Waals surface area (Å²) >= 11 is 5.70. The van der Waals surface area contributed by atoms with Gasteiger partial charge in [0.05, 0.1) is 16.8 Å². The minimum absolute atomic E-state index is 0.343. The van der Waals surface area contributed by atoms with Gasteiger partial charge in [0.2, 0.25) is 0 Å². The third-order valence-corrected chi connectivity index (χ3v) is 3.79. The van der Waals surface area contributed by atoms with Crippen molar-refractivity contribution >= 4 is 40.2 Å². The van der Waals surface area contributed by atoms with E-state index < -0.39 is 5.25 Å². The van der Waals surface area contributed by atoms with Gasteiger partial charge in [0, 0.05) is 0 Å². The Hall–Kier alpha value is -1.07. The van der Waals surface area contributed by atoms with Crippen molar-refractivity contribution in [3.8, 4) is 0 Å². The normalized spacial score (nSPS) is 12.6. The highest BCUT2D eigenvalue weighted by molar-refractivity contribution is 7.81. The van der Waals surface area contributed by atoms with Gasteiger partial charge in [0.1, 0.15) is 5.01 Å². The van der Waals surface area contributed by atoms with Crippen LogP contribution in [-0.4, -0.2) is 17.6 Å². The number of thiazole rings is 1. The minimum atomic E-state index is -0.586. The average molecular weight is 253 g/mol. The molecule has 0 aliphatic heterocycles. The fraction of sp³-hybridized carbons (Fsp3) is 0.273. The SMILES string of the molecule is CCOC(=O)[C@H](S)c1nc2ccccc2s1. The summed E-state index contributed by atoms with van der Waals surface area (Å²) in [5.41, 5.74) is 0.894. The van der Waals surface area contributed by atoms with Crippen LogP contribution in [0.15, 0.2) is 24.3 Å². The number of ether oxygens (including phenoxy) is 1. The molecule has 0 aliphatic carbocycles. The zero-order chi connectivity index (χ0) is 11.5. The maximum absolute atomic E-state index is 11.5. The van der Waals surface area contributed by atoms with Gasteiger partial charge in [0.15, 0.2) is 5.25 Å². The molecule has 16 heavy (non-hydrogen) atoms. The van der Waals surface area contributed by atoms with Crippen LogP contribution < -0.4 is 0 Å². The first-order valence-electron chi connectivity index (χ1n) is 4.92. The summed E-state index contributed by atoms with van der Waals surface area (Å²) in [6.07, 6.45) is 0. The molecule has 1 aromatic heterocycles. The molecule has 0 radical (unpaired) electrons. The minimum Gasteiger partial charge on any atom is -0.465 e. The van der Waals surface area contributed by atoms with Gasteiger partial charge in [-0.2, -0.15) is 12.6 Å². The Morgan fingerprint density at radius 3 is 3.00 bits per heavy atom. The number of fused-ring (bicyclic) bond motifs is 1. The van der Waals surface area contributed by atoms with Crippen molar-refractivity contribution in [3.05, 3.63) is 29.3 Å². The first kappa shape index (κ1) is 11.4. The van der Waals surface area contributed by atoms with Crippen LogP contribution in [0.5, 0.6) is 0 Å². The number of carbonyl (C=O) groups is 1. The Morgan fingerprint density at radius 1 is 1.56 bits per heavy atom. The number of hydrogen-bond donors (Lipinski definition) is 1. The van der Waals surface area contributed by atoms with Gasteiger partial charge in [-0.15, -0.1) is 11.3 Å². The van der Waals surface area contributed by atoms with Crippen molar-refractivity contribution in [1.82, 2.24) is 4.98 Å². The van der Waals surface area contributed by atoms with Crippen LogP contribution in [0.3, 0.4) is 0 Å². The van der Waals surface area contributed by atoms with Crippen LogP contribution in [0.2, 0.25) is 0 Å². The number of nitrogens with zero attached hydrogens (tertiary/aromatic N) is 1. The van der Waals surface area contributed by atoms with Crippen LogP contribution in [-0.2, 0) is 9.53 Å². The van der Waals surface area contributed by atoms with Gasteiger partial charge in [-0.1, -0.05) is 12.1 Å². The molecule has 84 valence electrons. The lowest BCUT2D eigenvalue weighted by Gasteiger charge is -2.05. The van der Waals surface area contributed by atoms with Gasteiger partial charge < -0.3 is 4.74 Å². The Labute approximate surface area is 103 Å². The molecule has 0 amide bonds. The molecule has 0 aliphatic rings. The highest BCUT2D eigenvalue weighted by Crippen LogP contribution is 2.30. The van der Waals surface area contributed by atoms with Crippen LogP contribution in [0.25, 0.3) is 10.2 Å². The van der Waals surface area contributed by atoms with Crippen molar-refractivity contribution in [2.45, 2.75) is 12.2 Å². The fourth-order valence-electron chi connectivity index (χ4n) is 1.33. The lowest BCUT2D eigenvalue weighted by atomic mass is 10.3. The molecule has 1 heterocycles. The summed E-state index contributed by atoms with van der Waals surface area (Å²) in [4.78, 5) is 15.8. The second-order valence-corrected chi connectivity index (χ2v) is 4.75. The number of thiol groups is 1. The Morgan fingerprint density at radius 2 is 2.31 bits per heavy atom. The highest BCUT2D eigenvalue weighted by atomic mass is 32.1. The van der Waals surface area contributed by atoms with Gasteiger partial charge in [-0.25, -0.2) is 4.98 Å². The topological polar surface area (TPSA) is 39.2 Å². The number of benzene rings is 1. The van der Waals surface area contributed by atoms with Gasteiger partial charge in [-0.05, 0) is 19.1 Å². The van der Waals surface area contributed by atoms with Crippen LogP contribution in [0.4, 0.5) is 0 Å². The molecule has 2 rings (SSSR count). The number of para-hydroxylation sites is 1. The number of rotatable bonds is 3. The van der Waals surface area contributed by atoms with E-state index in [4.69, 9.17) is 4.74 Å². The van der Waals surface area contributed by atoms with Crippen LogP contribution in [0, 0.1) is 0 Å². The maximum Gasteiger partial charge on any atom is 0.325 e. The molecule has 5 heteroatoms. The Kier molecular flexibility index (Phi) is 3.46. The van der Waals surface area contributed by atoms with Crippen molar-refractivity contribution in [2.24, 2.45) is 0 Å². The highest BCUT2D eigenvalue weighted by Gasteiger charge is 2.21. The van der Waals surface area contributed by atoms with Gasteiger partial charge in [-0.3, -0.25) is 4.79 Å². The summed E-state index contributed by atoms with van der Waals surface area (Å²) < 4.78 is 5.96. The smallest absolute Gasteiger partial charge is 0.325 e. The molecular formula is C11H11NO2S2. The molecule has 0 unspecified atom stereocenters. The van der Waals surface area contributed by atoms with E-state index in [1.807, 2.05) is 24.3 Å². The monoisotopic (exact) mass is 253 g/mol. The molecule has 3 nitrogen and oxygen atoms in total. The third kappa shape index (κ3) is 2.20. The zero-order valence-electron chi connectivity index (χ0n) is 8.71. The first-order valence-corrected chi connectivity index (χ1v) is 6.26. The summed E-state index contributed by atoms with van der Waals surface area (Å²) in [5.74, 6) is -0.343. The van der Waals surface area contributed by atoms with E-state index in [1.54, 1.807) is 6.92 Å². The third-order valence-electron chi connectivity index (χ3n) is 2.05. The van der Waals surface area contributed by atoms with Crippen LogP contribution in [0.1, 0.15) is 17.2 Å². The number of esters is 1. The lowest BCUT2D eigenvalue weighted by molar-refractivity contribution is -0.142. The molecule has 0 fully saturated rings. The van der Waals surface area contributed by atoms with Crippen molar-refractivity contribution in [2.75, 3.05) is 6.61 Å². The molecule has 0 saturated carbocycles. The fourth-order valence-corrected chi connectivity index (χ4v) is 2.56. The Bertz CT molecular complexity index is 476. The van der Waals surface area contributed by atoms with E-state index in [0.717, 1.165) is 10.2 Å². The number of aromatic nitrogens is 1. The van der Waals surface area contributed by atoms with Gasteiger partial charge >= 0.3 is 5.97 Å². The molecular weight excluding hydrogens is 242 g/mol. The summed E-state index contributed by atoms with van der Waals surface area (Å²) in [6, 6.07) is 7.76. The quantitative estimate of drug-likeness (QED) is 0.675. The average Bonchev–Trinajstić information content (AvgIpc) is 2.71. The lowest BCUT2D eigenvalue weighted by Crippen LogP contribution is -2.10. The standard InChI is InChI=1S/C11H11NO2S2/c1-2-14-11(13)9(15)10-12-7-5-3-4-6-8(7)16-10/h3-6,9,15H,2H2,1H3/t9-/m1/s1. The van der Waals surface area contributed by atoms with Crippen molar-refractivity contribution in [1.29, 1.82) is 0 Å². The summed E-state index contributed by atoms with van der Waals surface area (Å²) in [7, 11) is 0. The van der Waals surface area contributed by atoms with Crippen LogP contribution >= 0.6 is 24.0 Å². The molecule has 0 saturated heterocycles. The molecule has 1 atom stereocenters. The Balaban J connectivity index is 2.29. The predicted octanol–water partition coefficient (Wildman–Crippen LogP) is 2.83. The maximum atomic E-state index is 11.5. The second-order valence-electron chi connectivity index (χ2n) is 3.17. The van der Waals surface area contributed by atoms with E-state index in [-0.39, 0.29) is 5.97 Å². The summed E-state index contributed by atoms with van der Waals surface area (Å²) in [5, 5.41) is 0.0975. The molecule has 0 spiro atoms. The largest absolute Gasteiger partial charge is 0.465 e. The van der Waals surface area contributed by atoms with E-state index in [0.29, 0.717) is 11.6 Å². The zero-order valence-corrected chi connectivity index (χ0v) is 10.4. The number of carbonyl (C=O) groups excluding carboxylic acids is 1. The second kappa shape index (κ2) is 4.84. The van der Waals surface area contributed by atoms with E-state index in [2.05, 4.69) is 17.6 Å². The van der Waals surface area contributed by atoms with Crippen molar-refractivity contribution < 1.29 is 9.53 Å². The van der Waals surface area contributed by atoms with E-state index in [9.17, 15) is 4.79 Å². The number of hydrogen-bond acceptors (Lipinski definition) is 5. The van der Waals surface area contributed by atoms with E-state index >= 15 is 0 Å². The predicted molar refractivity (Wildman–Crippen MR) is 68.0 cm³/mol. The summed E-state index contributed by atoms with van der Waals surface area (Å²) in [6.45, 7) is 2.14. The molecule has 1 aromatic carbocycles. The van der Waals surface area contributed by atoms with Gasteiger partial charge in [0.25, 0.3) is 0 Å². The molecule has 0 N–H and O–H groups in total.